The SMILES string of the molecule is NC(=O)c1cc(CNc2c(CNC(=O)c3cccnc3)ccc(F)c2F)ccc1-n1ccnc1. The second-order valence-electron chi connectivity index (χ2n) is 7.36. The van der Waals surface area contributed by atoms with Gasteiger partial charge in [0.15, 0.2) is 11.6 Å². The molecule has 2 heterocycles. The zero-order chi connectivity index (χ0) is 24.1. The van der Waals surface area contributed by atoms with Gasteiger partial charge >= 0.3 is 0 Å². The van der Waals surface area contributed by atoms with Crippen LogP contribution in [0.25, 0.3) is 5.69 Å². The molecule has 4 aromatic rings. The number of benzene rings is 2. The lowest BCUT2D eigenvalue weighted by Crippen LogP contribution is -2.23. The Hall–Kier alpha value is -4.60. The number of hydrogen-bond acceptors (Lipinski definition) is 5. The molecule has 0 aliphatic rings. The van der Waals surface area contributed by atoms with E-state index in [1.54, 1.807) is 53.5 Å². The van der Waals surface area contributed by atoms with Crippen molar-refractivity contribution in [1.29, 1.82) is 0 Å². The Bertz CT molecular complexity index is 1330. The van der Waals surface area contributed by atoms with Gasteiger partial charge in [-0.15, -0.1) is 0 Å². The third kappa shape index (κ3) is 4.90. The summed E-state index contributed by atoms with van der Waals surface area (Å²) in [5.41, 5.74) is 7.55. The van der Waals surface area contributed by atoms with E-state index in [0.29, 0.717) is 22.4 Å². The number of anilines is 1. The van der Waals surface area contributed by atoms with Gasteiger partial charge in [0.25, 0.3) is 11.8 Å². The monoisotopic (exact) mass is 462 g/mol. The number of nitrogens with zero attached hydrogens (tertiary/aromatic N) is 3. The Labute approximate surface area is 193 Å². The lowest BCUT2D eigenvalue weighted by atomic mass is 10.1. The molecule has 0 radical (unpaired) electrons. The summed E-state index contributed by atoms with van der Waals surface area (Å²) in [4.78, 5) is 32.1. The predicted molar refractivity (Wildman–Crippen MR) is 121 cm³/mol. The molecule has 0 aliphatic carbocycles. The maximum absolute atomic E-state index is 14.6. The summed E-state index contributed by atoms with van der Waals surface area (Å²) in [6.45, 7) is 0.0355. The standard InChI is InChI=1S/C24H20F2N6O2/c25-19-5-4-16(13-31-24(34)17-2-1-7-28-12-17)22(21(19)26)30-11-15-3-6-20(18(10-15)23(27)33)32-9-8-29-14-32/h1-10,12,14,30H,11,13H2,(H2,27,33)(H,31,34). The normalized spacial score (nSPS) is 10.6. The van der Waals surface area contributed by atoms with Crippen molar-refractivity contribution in [2.75, 3.05) is 5.32 Å². The molecule has 0 spiro atoms. The summed E-state index contributed by atoms with van der Waals surface area (Å²) in [7, 11) is 0. The van der Waals surface area contributed by atoms with Crippen molar-refractivity contribution < 1.29 is 18.4 Å². The van der Waals surface area contributed by atoms with Gasteiger partial charge in [-0.05, 0) is 41.5 Å². The Morgan fingerprint density at radius 1 is 1.03 bits per heavy atom. The number of amides is 2. The molecule has 10 heteroatoms. The summed E-state index contributed by atoms with van der Waals surface area (Å²) in [5, 5.41) is 5.54. The highest BCUT2D eigenvalue weighted by atomic mass is 19.2. The van der Waals surface area contributed by atoms with Crippen molar-refractivity contribution in [3.05, 3.63) is 107 Å². The van der Waals surface area contributed by atoms with Gasteiger partial charge in [0.05, 0.1) is 28.8 Å². The van der Waals surface area contributed by atoms with Crippen LogP contribution in [0, 0.1) is 11.6 Å². The van der Waals surface area contributed by atoms with Crippen molar-refractivity contribution in [2.24, 2.45) is 5.73 Å². The van der Waals surface area contributed by atoms with Crippen LogP contribution in [0.4, 0.5) is 14.5 Å². The highest BCUT2D eigenvalue weighted by Crippen LogP contribution is 2.24. The number of nitrogens with two attached hydrogens (primary N) is 1. The molecule has 0 saturated heterocycles. The zero-order valence-corrected chi connectivity index (χ0v) is 17.8. The van der Waals surface area contributed by atoms with Crippen LogP contribution in [-0.4, -0.2) is 26.3 Å². The molecule has 8 nitrogen and oxygen atoms in total. The minimum atomic E-state index is -1.07. The van der Waals surface area contributed by atoms with Crippen LogP contribution in [0.3, 0.4) is 0 Å². The van der Waals surface area contributed by atoms with Crippen LogP contribution in [0.15, 0.2) is 73.6 Å². The van der Waals surface area contributed by atoms with Crippen LogP contribution in [0.5, 0.6) is 0 Å². The molecule has 0 bridgehead atoms. The van der Waals surface area contributed by atoms with Crippen LogP contribution < -0.4 is 16.4 Å². The van der Waals surface area contributed by atoms with Crippen molar-refractivity contribution in [3.63, 3.8) is 0 Å². The number of hydrogen-bond donors (Lipinski definition) is 3. The second-order valence-corrected chi connectivity index (χ2v) is 7.36. The zero-order valence-electron chi connectivity index (χ0n) is 17.8. The van der Waals surface area contributed by atoms with Crippen LogP contribution in [0.2, 0.25) is 0 Å². The fourth-order valence-electron chi connectivity index (χ4n) is 3.41. The van der Waals surface area contributed by atoms with Crippen LogP contribution >= 0.6 is 0 Å². The maximum Gasteiger partial charge on any atom is 0.253 e. The third-order valence-electron chi connectivity index (χ3n) is 5.12. The number of primary amides is 1. The average Bonchev–Trinajstić information content (AvgIpc) is 3.39. The van der Waals surface area contributed by atoms with Crippen molar-refractivity contribution >= 4 is 17.5 Å². The van der Waals surface area contributed by atoms with Crippen molar-refractivity contribution in [2.45, 2.75) is 13.1 Å². The fourth-order valence-corrected chi connectivity index (χ4v) is 3.41. The summed E-state index contributed by atoms with van der Waals surface area (Å²) < 4.78 is 30.2. The summed E-state index contributed by atoms with van der Waals surface area (Å²) >= 11 is 0. The Morgan fingerprint density at radius 2 is 1.88 bits per heavy atom. The van der Waals surface area contributed by atoms with Crippen LogP contribution in [0.1, 0.15) is 31.8 Å². The quantitative estimate of drug-likeness (QED) is 0.372. The van der Waals surface area contributed by atoms with E-state index in [0.717, 1.165) is 6.07 Å². The Balaban J connectivity index is 1.53. The molecule has 0 fully saturated rings. The molecule has 2 amide bonds. The lowest BCUT2D eigenvalue weighted by Gasteiger charge is -2.15. The first-order chi connectivity index (χ1) is 16.4. The van der Waals surface area contributed by atoms with Crippen molar-refractivity contribution in [3.8, 4) is 5.69 Å². The summed E-state index contributed by atoms with van der Waals surface area (Å²) in [6.07, 6.45) is 7.73. The van der Waals surface area contributed by atoms with Gasteiger partial charge < -0.3 is 20.9 Å². The van der Waals surface area contributed by atoms with E-state index in [2.05, 4.69) is 20.6 Å². The smallest absolute Gasteiger partial charge is 0.253 e. The van der Waals surface area contributed by atoms with Gasteiger partial charge in [0, 0.05) is 37.9 Å². The van der Waals surface area contributed by atoms with E-state index in [1.165, 1.54) is 18.6 Å². The number of aromatic nitrogens is 3. The molecular formula is C24H20F2N6O2. The molecule has 0 atom stereocenters. The van der Waals surface area contributed by atoms with Gasteiger partial charge in [-0.25, -0.2) is 13.8 Å². The molecular weight excluding hydrogens is 442 g/mol. The molecule has 34 heavy (non-hydrogen) atoms. The number of nitrogens with one attached hydrogen (secondary N) is 2. The first-order valence-corrected chi connectivity index (χ1v) is 10.2. The fraction of sp³-hybridized carbons (Fsp3) is 0.0833. The van der Waals surface area contributed by atoms with Gasteiger partial charge in [0.1, 0.15) is 0 Å². The number of imidazole rings is 1. The second kappa shape index (κ2) is 9.90. The number of carbonyl (C=O) groups excluding carboxylic acids is 2. The molecule has 0 unspecified atom stereocenters. The van der Waals surface area contributed by atoms with Crippen LogP contribution in [-0.2, 0) is 13.1 Å². The highest BCUT2D eigenvalue weighted by molar-refractivity contribution is 5.96. The van der Waals surface area contributed by atoms with E-state index in [-0.39, 0.29) is 24.3 Å². The van der Waals surface area contributed by atoms with Gasteiger partial charge in [-0.3, -0.25) is 14.6 Å². The molecule has 0 aliphatic heterocycles. The number of carbonyl (C=O) groups is 2. The third-order valence-corrected chi connectivity index (χ3v) is 5.12. The van der Waals surface area contributed by atoms with E-state index in [9.17, 15) is 18.4 Å². The van der Waals surface area contributed by atoms with E-state index in [4.69, 9.17) is 5.73 Å². The van der Waals surface area contributed by atoms with Gasteiger partial charge in [-0.1, -0.05) is 12.1 Å². The maximum atomic E-state index is 14.6. The minimum absolute atomic E-state index is 0.0423. The predicted octanol–water partition coefficient (Wildman–Crippen LogP) is 3.19. The van der Waals surface area contributed by atoms with E-state index >= 15 is 0 Å². The average molecular weight is 462 g/mol. The van der Waals surface area contributed by atoms with Gasteiger partial charge in [0.2, 0.25) is 0 Å². The molecule has 2 aromatic carbocycles. The Morgan fingerprint density at radius 3 is 2.59 bits per heavy atom. The number of rotatable bonds is 8. The largest absolute Gasteiger partial charge is 0.378 e. The molecule has 0 saturated carbocycles. The molecule has 2 aromatic heterocycles. The summed E-state index contributed by atoms with van der Waals surface area (Å²) in [5.74, 6) is -3.14. The molecule has 172 valence electrons. The lowest BCUT2D eigenvalue weighted by molar-refractivity contribution is 0.0949. The van der Waals surface area contributed by atoms with Gasteiger partial charge in [-0.2, -0.15) is 0 Å². The Kier molecular flexibility index (Phi) is 6.58. The van der Waals surface area contributed by atoms with E-state index < -0.39 is 23.4 Å². The number of pyridine rings is 1. The topological polar surface area (TPSA) is 115 Å². The highest BCUT2D eigenvalue weighted by Gasteiger charge is 2.16. The van der Waals surface area contributed by atoms with Crippen molar-refractivity contribution in [1.82, 2.24) is 19.9 Å². The number of halogens is 2. The summed E-state index contributed by atoms with van der Waals surface area (Å²) in [6, 6.07) is 10.6. The first-order valence-electron chi connectivity index (χ1n) is 10.2. The molecule has 4 N–H and O–H groups in total. The first kappa shape index (κ1) is 22.6. The molecule has 4 rings (SSSR count). The van der Waals surface area contributed by atoms with E-state index in [1.807, 2.05) is 0 Å². The minimum Gasteiger partial charge on any atom is -0.378 e.